The Morgan fingerprint density at radius 1 is 1.50 bits per heavy atom. The van der Waals surface area contributed by atoms with Gasteiger partial charge in [0.05, 0.1) is 5.56 Å². The van der Waals surface area contributed by atoms with Crippen LogP contribution < -0.4 is 5.32 Å². The molecule has 0 aliphatic heterocycles. The Morgan fingerprint density at radius 2 is 2.11 bits per heavy atom. The molecule has 0 bridgehead atoms. The molecule has 1 aromatic heterocycles. The molecule has 6 nitrogen and oxygen atoms in total. The van der Waals surface area contributed by atoms with Crippen LogP contribution in [0.3, 0.4) is 0 Å². The summed E-state index contributed by atoms with van der Waals surface area (Å²) in [5.41, 5.74) is -0.101. The van der Waals surface area contributed by atoms with E-state index in [1.54, 1.807) is 0 Å². The Kier molecular flexibility index (Phi) is 4.28. The summed E-state index contributed by atoms with van der Waals surface area (Å²) in [6.07, 6.45) is 1.81. The number of nitrogens with zero attached hydrogens (tertiary/aromatic N) is 1. The van der Waals surface area contributed by atoms with Crippen LogP contribution in [-0.4, -0.2) is 36.8 Å². The lowest BCUT2D eigenvalue weighted by Crippen LogP contribution is -2.16. The smallest absolute Gasteiger partial charge is 0.335 e. The minimum atomic E-state index is -3.54. The highest BCUT2D eigenvalue weighted by Crippen LogP contribution is 2.16. The maximum absolute atomic E-state index is 11.4. The molecule has 0 aliphatic rings. The number of hydrogen-bond acceptors (Lipinski definition) is 5. The van der Waals surface area contributed by atoms with Crippen LogP contribution in [0.25, 0.3) is 0 Å². The van der Waals surface area contributed by atoms with Crippen LogP contribution in [0, 0.1) is 0 Å². The molecule has 0 aromatic carbocycles. The first kappa shape index (κ1) is 14.4. The second-order valence-corrected chi connectivity index (χ2v) is 6.07. The van der Waals surface area contributed by atoms with Crippen LogP contribution in [-0.2, 0) is 9.84 Å². The van der Waals surface area contributed by atoms with Crippen molar-refractivity contribution in [3.8, 4) is 0 Å². The van der Waals surface area contributed by atoms with E-state index in [1.165, 1.54) is 6.07 Å². The Hall–Kier alpha value is -1.63. The van der Waals surface area contributed by atoms with Gasteiger partial charge in [-0.15, -0.1) is 0 Å². The molecule has 0 amide bonds. The monoisotopic (exact) mass is 272 g/mol. The predicted molar refractivity (Wildman–Crippen MR) is 67.7 cm³/mol. The van der Waals surface area contributed by atoms with Gasteiger partial charge in [0.1, 0.15) is 5.82 Å². The number of pyridine rings is 1. The topological polar surface area (TPSA) is 96.4 Å². The summed E-state index contributed by atoms with van der Waals surface area (Å²) in [4.78, 5) is 14.8. The number of rotatable bonds is 5. The molecule has 100 valence electrons. The summed E-state index contributed by atoms with van der Waals surface area (Å²) < 4.78 is 22.9. The van der Waals surface area contributed by atoms with Crippen LogP contribution in [0.5, 0.6) is 0 Å². The Bertz CT molecular complexity index is 554. The van der Waals surface area contributed by atoms with E-state index in [4.69, 9.17) is 5.11 Å². The van der Waals surface area contributed by atoms with Gasteiger partial charge in [-0.2, -0.15) is 0 Å². The second kappa shape index (κ2) is 5.34. The van der Waals surface area contributed by atoms with Crippen molar-refractivity contribution in [2.24, 2.45) is 0 Å². The largest absolute Gasteiger partial charge is 0.478 e. The van der Waals surface area contributed by atoms with Gasteiger partial charge in [0, 0.05) is 12.3 Å². The third-order valence-electron chi connectivity index (χ3n) is 2.44. The summed E-state index contributed by atoms with van der Waals surface area (Å²) in [7, 11) is -3.54. The summed E-state index contributed by atoms with van der Waals surface area (Å²) in [5, 5.41) is 11.7. The van der Waals surface area contributed by atoms with Gasteiger partial charge in [0.25, 0.3) is 0 Å². The molecular weight excluding hydrogens is 256 g/mol. The molecule has 1 rings (SSSR count). The molecule has 0 spiro atoms. The van der Waals surface area contributed by atoms with Gasteiger partial charge in [-0.1, -0.05) is 6.92 Å². The van der Waals surface area contributed by atoms with E-state index < -0.39 is 15.8 Å². The molecule has 0 radical (unpaired) electrons. The van der Waals surface area contributed by atoms with Crippen molar-refractivity contribution in [3.05, 3.63) is 17.7 Å². The highest BCUT2D eigenvalue weighted by Gasteiger charge is 2.15. The van der Waals surface area contributed by atoms with Crippen molar-refractivity contribution >= 4 is 21.6 Å². The van der Waals surface area contributed by atoms with Crippen molar-refractivity contribution in [3.63, 3.8) is 0 Å². The van der Waals surface area contributed by atoms with Crippen LogP contribution in [0.4, 0.5) is 5.82 Å². The van der Waals surface area contributed by atoms with Crippen molar-refractivity contribution in [2.75, 3.05) is 11.6 Å². The predicted octanol–water partition coefficient (Wildman–Crippen LogP) is 1.39. The van der Waals surface area contributed by atoms with Gasteiger partial charge >= 0.3 is 5.97 Å². The van der Waals surface area contributed by atoms with Crippen molar-refractivity contribution in [1.29, 1.82) is 0 Å². The fourth-order valence-electron chi connectivity index (χ4n) is 1.25. The lowest BCUT2D eigenvalue weighted by molar-refractivity contribution is 0.0696. The lowest BCUT2D eigenvalue weighted by Gasteiger charge is -2.13. The maximum atomic E-state index is 11.4. The number of carbonyl (C=O) groups is 1. The van der Waals surface area contributed by atoms with E-state index >= 15 is 0 Å². The average Bonchev–Trinajstić information content (AvgIpc) is 2.27. The second-order valence-electron chi connectivity index (χ2n) is 4.11. The molecule has 0 saturated carbocycles. The van der Waals surface area contributed by atoms with Crippen molar-refractivity contribution < 1.29 is 18.3 Å². The molecule has 7 heteroatoms. The molecule has 0 aliphatic carbocycles. The van der Waals surface area contributed by atoms with Crippen LogP contribution in [0.2, 0.25) is 0 Å². The third-order valence-corrected chi connectivity index (χ3v) is 3.40. The standard InChI is InChI=1S/C11H16N2O4S/c1-4-7(2)12-9-5-8(11(14)15)6-10(13-9)18(3,16)17/h5-7H,4H2,1-3H3,(H,12,13)(H,14,15)/t7-/m0/s1. The van der Waals surface area contributed by atoms with E-state index in [0.717, 1.165) is 18.7 Å². The highest BCUT2D eigenvalue weighted by molar-refractivity contribution is 7.90. The van der Waals surface area contributed by atoms with Crippen LogP contribution in [0.1, 0.15) is 30.6 Å². The zero-order valence-corrected chi connectivity index (χ0v) is 11.3. The van der Waals surface area contributed by atoms with Crippen molar-refractivity contribution in [1.82, 2.24) is 4.98 Å². The fraction of sp³-hybridized carbons (Fsp3) is 0.455. The Labute approximate surface area is 106 Å². The zero-order valence-electron chi connectivity index (χ0n) is 10.5. The quantitative estimate of drug-likeness (QED) is 0.841. The maximum Gasteiger partial charge on any atom is 0.335 e. The number of aromatic carboxylic acids is 1. The first-order chi connectivity index (χ1) is 8.24. The molecule has 0 unspecified atom stereocenters. The van der Waals surface area contributed by atoms with Gasteiger partial charge in [0.2, 0.25) is 0 Å². The molecular formula is C11H16N2O4S. The summed E-state index contributed by atoms with van der Waals surface area (Å²) in [6, 6.07) is 2.46. The molecule has 0 saturated heterocycles. The molecule has 1 heterocycles. The third kappa shape index (κ3) is 3.69. The number of hydrogen-bond donors (Lipinski definition) is 2. The van der Waals surface area contributed by atoms with Crippen LogP contribution >= 0.6 is 0 Å². The van der Waals surface area contributed by atoms with E-state index in [0.29, 0.717) is 0 Å². The number of carboxylic acid groups (broad SMARTS) is 1. The molecule has 2 N–H and O–H groups in total. The van der Waals surface area contributed by atoms with E-state index in [1.807, 2.05) is 13.8 Å². The van der Waals surface area contributed by atoms with E-state index in [9.17, 15) is 13.2 Å². The average molecular weight is 272 g/mol. The minimum absolute atomic E-state index is 0.0777. The summed E-state index contributed by atoms with van der Waals surface area (Å²) in [6.45, 7) is 3.85. The summed E-state index contributed by atoms with van der Waals surface area (Å²) in [5.74, 6) is -0.931. The Balaban J connectivity index is 3.27. The fourth-order valence-corrected chi connectivity index (χ4v) is 1.85. The first-order valence-corrected chi connectivity index (χ1v) is 7.35. The van der Waals surface area contributed by atoms with E-state index in [-0.39, 0.29) is 22.4 Å². The summed E-state index contributed by atoms with van der Waals surface area (Å²) >= 11 is 0. The van der Waals surface area contributed by atoms with Gasteiger partial charge in [0.15, 0.2) is 14.9 Å². The zero-order chi connectivity index (χ0) is 13.9. The number of anilines is 1. The number of nitrogens with one attached hydrogen (secondary N) is 1. The molecule has 1 aromatic rings. The number of aromatic nitrogens is 1. The molecule has 0 fully saturated rings. The first-order valence-electron chi connectivity index (χ1n) is 5.46. The van der Waals surface area contributed by atoms with Crippen LogP contribution in [0.15, 0.2) is 17.2 Å². The number of carboxylic acids is 1. The van der Waals surface area contributed by atoms with Gasteiger partial charge in [-0.05, 0) is 25.5 Å². The molecule has 18 heavy (non-hydrogen) atoms. The lowest BCUT2D eigenvalue weighted by atomic mass is 10.2. The highest BCUT2D eigenvalue weighted by atomic mass is 32.2. The van der Waals surface area contributed by atoms with E-state index in [2.05, 4.69) is 10.3 Å². The minimum Gasteiger partial charge on any atom is -0.478 e. The van der Waals surface area contributed by atoms with Crippen molar-refractivity contribution in [2.45, 2.75) is 31.3 Å². The normalized spacial score (nSPS) is 13.1. The molecule has 1 atom stereocenters. The SMILES string of the molecule is CC[C@H](C)Nc1cc(C(=O)O)cc(S(C)(=O)=O)n1. The number of sulfone groups is 1. The van der Waals surface area contributed by atoms with Gasteiger partial charge in [-0.3, -0.25) is 0 Å². The van der Waals surface area contributed by atoms with Gasteiger partial charge < -0.3 is 10.4 Å². The van der Waals surface area contributed by atoms with Gasteiger partial charge in [-0.25, -0.2) is 18.2 Å². The Morgan fingerprint density at radius 3 is 2.56 bits per heavy atom.